The third kappa shape index (κ3) is 3.49. The molecule has 0 fully saturated rings. The van der Waals surface area contributed by atoms with Crippen LogP contribution in [0.1, 0.15) is 11.3 Å². The second-order valence-electron chi connectivity index (χ2n) is 3.06. The first-order valence-corrected chi connectivity index (χ1v) is 4.48. The van der Waals surface area contributed by atoms with Crippen LogP contribution in [0.2, 0.25) is 0 Å². The smallest absolute Gasteiger partial charge is 0.402 e. The van der Waals surface area contributed by atoms with E-state index in [-0.39, 0.29) is 18.7 Å². The van der Waals surface area contributed by atoms with Crippen LogP contribution in [0.4, 0.5) is 19.0 Å². The van der Waals surface area contributed by atoms with Gasteiger partial charge < -0.3 is 16.2 Å². The molecule has 1 aromatic rings. The molecule has 0 unspecified atom stereocenters. The highest BCUT2D eigenvalue weighted by molar-refractivity contribution is 5.49. The summed E-state index contributed by atoms with van der Waals surface area (Å²) in [7, 11) is 0. The number of rotatable bonds is 3. The van der Waals surface area contributed by atoms with Gasteiger partial charge in [0.15, 0.2) is 11.6 Å². The Morgan fingerprint density at radius 3 is 2.59 bits per heavy atom. The molecule has 0 atom stereocenters. The normalized spacial score (nSPS) is 11.0. The number of anilines is 1. The summed E-state index contributed by atoms with van der Waals surface area (Å²) in [4.78, 5) is 3.67. The highest BCUT2D eigenvalue weighted by Gasteiger charge is 2.32. The van der Waals surface area contributed by atoms with Gasteiger partial charge in [0.2, 0.25) is 0 Å². The predicted octanol–water partition coefficient (Wildman–Crippen LogP) is 1.09. The average Bonchev–Trinajstić information content (AvgIpc) is 2.20. The molecule has 8 heteroatoms. The molecule has 0 aliphatic rings. The van der Waals surface area contributed by atoms with Gasteiger partial charge >= 0.3 is 6.36 Å². The molecule has 0 aliphatic heterocycles. The second kappa shape index (κ2) is 4.88. The first-order chi connectivity index (χ1) is 7.87. The van der Waals surface area contributed by atoms with Gasteiger partial charge in [-0.1, -0.05) is 0 Å². The Bertz CT molecular complexity index is 453. The summed E-state index contributed by atoms with van der Waals surface area (Å²) in [6.45, 7) is -0.0570. The zero-order valence-corrected chi connectivity index (χ0v) is 8.58. The Morgan fingerprint density at radius 1 is 1.47 bits per heavy atom. The van der Waals surface area contributed by atoms with E-state index in [4.69, 9.17) is 16.7 Å². The van der Waals surface area contributed by atoms with Crippen molar-refractivity contribution in [3.63, 3.8) is 0 Å². The van der Waals surface area contributed by atoms with Crippen LogP contribution in [0.5, 0.6) is 5.75 Å². The standard InChI is InChI=1S/C9H9F3N4O/c10-9(11,12)17-7-3-5(4-14)6(1-2-13)16-8(7)15/h3H,1,4,14H2,(H2,15,16). The lowest BCUT2D eigenvalue weighted by Crippen LogP contribution is -2.19. The fourth-order valence-corrected chi connectivity index (χ4v) is 1.20. The SMILES string of the molecule is N#CCc1nc(N)c(OC(F)(F)F)cc1CN. The lowest BCUT2D eigenvalue weighted by molar-refractivity contribution is -0.274. The predicted molar refractivity (Wildman–Crippen MR) is 52.5 cm³/mol. The molecule has 92 valence electrons. The molecule has 1 aromatic heterocycles. The third-order valence-electron chi connectivity index (χ3n) is 1.88. The van der Waals surface area contributed by atoms with Crippen molar-refractivity contribution in [1.82, 2.24) is 4.98 Å². The maximum absolute atomic E-state index is 12.0. The number of hydrogen-bond acceptors (Lipinski definition) is 5. The number of hydrogen-bond donors (Lipinski definition) is 2. The fraction of sp³-hybridized carbons (Fsp3) is 0.333. The first kappa shape index (κ1) is 13.1. The van der Waals surface area contributed by atoms with Gasteiger partial charge in [-0.3, -0.25) is 0 Å². The molecule has 4 N–H and O–H groups in total. The number of halogens is 3. The Kier molecular flexibility index (Phi) is 3.75. The summed E-state index contributed by atoms with van der Waals surface area (Å²) >= 11 is 0. The van der Waals surface area contributed by atoms with Gasteiger partial charge in [-0.15, -0.1) is 13.2 Å². The summed E-state index contributed by atoms with van der Waals surface area (Å²) in [6.07, 6.45) is -4.93. The van der Waals surface area contributed by atoms with Crippen LogP contribution in [0.15, 0.2) is 6.07 Å². The minimum Gasteiger partial charge on any atom is -0.402 e. The van der Waals surface area contributed by atoms with Crippen LogP contribution in [0.25, 0.3) is 0 Å². The van der Waals surface area contributed by atoms with E-state index in [2.05, 4.69) is 9.72 Å². The molecule has 0 saturated heterocycles. The molecule has 0 saturated carbocycles. The quantitative estimate of drug-likeness (QED) is 0.831. The highest BCUT2D eigenvalue weighted by atomic mass is 19.4. The van der Waals surface area contributed by atoms with Gasteiger partial charge in [-0.25, -0.2) is 4.98 Å². The molecule has 0 spiro atoms. The molecule has 5 nitrogen and oxygen atoms in total. The Morgan fingerprint density at radius 2 is 2.12 bits per heavy atom. The Balaban J connectivity index is 3.14. The van der Waals surface area contributed by atoms with Gasteiger partial charge in [0, 0.05) is 6.54 Å². The summed E-state index contributed by atoms with van der Waals surface area (Å²) in [5.74, 6) is -1.04. The van der Waals surface area contributed by atoms with Crippen molar-refractivity contribution in [2.75, 3.05) is 5.73 Å². The van der Waals surface area contributed by atoms with E-state index in [9.17, 15) is 13.2 Å². The molecular formula is C9H9F3N4O. The van der Waals surface area contributed by atoms with E-state index < -0.39 is 17.9 Å². The minimum atomic E-state index is -4.85. The number of aromatic nitrogens is 1. The van der Waals surface area contributed by atoms with Crippen LogP contribution in [-0.4, -0.2) is 11.3 Å². The largest absolute Gasteiger partial charge is 0.573 e. The maximum Gasteiger partial charge on any atom is 0.573 e. The van der Waals surface area contributed by atoms with Gasteiger partial charge in [0.25, 0.3) is 0 Å². The lowest BCUT2D eigenvalue weighted by Gasteiger charge is -2.13. The maximum atomic E-state index is 12.0. The number of alkyl halides is 3. The van der Waals surface area contributed by atoms with Crippen LogP contribution < -0.4 is 16.2 Å². The van der Waals surface area contributed by atoms with E-state index >= 15 is 0 Å². The van der Waals surface area contributed by atoms with E-state index in [0.29, 0.717) is 5.56 Å². The van der Waals surface area contributed by atoms with Crippen LogP contribution >= 0.6 is 0 Å². The van der Waals surface area contributed by atoms with Crippen molar-refractivity contribution < 1.29 is 17.9 Å². The molecular weight excluding hydrogens is 237 g/mol. The zero-order chi connectivity index (χ0) is 13.1. The Hall–Kier alpha value is -2.01. The topological polar surface area (TPSA) is 98.0 Å². The average molecular weight is 246 g/mol. The van der Waals surface area contributed by atoms with Crippen molar-refractivity contribution >= 4 is 5.82 Å². The van der Waals surface area contributed by atoms with Crippen molar-refractivity contribution in [2.45, 2.75) is 19.3 Å². The molecule has 0 radical (unpaired) electrons. The number of nitriles is 1. The lowest BCUT2D eigenvalue weighted by atomic mass is 10.1. The summed E-state index contributed by atoms with van der Waals surface area (Å²) in [6, 6.07) is 2.86. The molecule has 0 aromatic carbocycles. The van der Waals surface area contributed by atoms with E-state index in [0.717, 1.165) is 6.07 Å². The van der Waals surface area contributed by atoms with Crippen LogP contribution in [0.3, 0.4) is 0 Å². The molecule has 1 rings (SSSR count). The highest BCUT2D eigenvalue weighted by Crippen LogP contribution is 2.29. The van der Waals surface area contributed by atoms with Gasteiger partial charge in [0.1, 0.15) is 0 Å². The third-order valence-corrected chi connectivity index (χ3v) is 1.88. The summed E-state index contributed by atoms with van der Waals surface area (Å²) in [5, 5.41) is 8.50. The van der Waals surface area contributed by atoms with Crippen molar-refractivity contribution in [3.05, 3.63) is 17.3 Å². The van der Waals surface area contributed by atoms with Crippen molar-refractivity contribution in [1.29, 1.82) is 5.26 Å². The second-order valence-corrected chi connectivity index (χ2v) is 3.06. The van der Waals surface area contributed by atoms with Crippen molar-refractivity contribution in [2.24, 2.45) is 5.73 Å². The van der Waals surface area contributed by atoms with Gasteiger partial charge in [0.05, 0.1) is 18.2 Å². The first-order valence-electron chi connectivity index (χ1n) is 4.48. The molecule has 1 heterocycles. The Labute approximate surface area is 94.8 Å². The van der Waals surface area contributed by atoms with Crippen LogP contribution in [-0.2, 0) is 13.0 Å². The molecule has 0 aliphatic carbocycles. The number of nitrogens with two attached hydrogens (primary N) is 2. The van der Waals surface area contributed by atoms with Gasteiger partial charge in [-0.2, -0.15) is 5.26 Å². The number of nitrogen functional groups attached to an aromatic ring is 1. The summed E-state index contributed by atoms with van der Waals surface area (Å²) in [5.41, 5.74) is 11.2. The van der Waals surface area contributed by atoms with Crippen LogP contribution in [0, 0.1) is 11.3 Å². The van der Waals surface area contributed by atoms with E-state index in [1.54, 1.807) is 0 Å². The molecule has 17 heavy (non-hydrogen) atoms. The number of pyridine rings is 1. The minimum absolute atomic E-state index is 0.0570. The number of nitrogens with zero attached hydrogens (tertiary/aromatic N) is 2. The fourth-order valence-electron chi connectivity index (χ4n) is 1.20. The monoisotopic (exact) mass is 246 g/mol. The van der Waals surface area contributed by atoms with E-state index in [1.807, 2.05) is 6.07 Å². The van der Waals surface area contributed by atoms with Crippen molar-refractivity contribution in [3.8, 4) is 11.8 Å². The number of ether oxygens (including phenoxy) is 1. The van der Waals surface area contributed by atoms with Gasteiger partial charge in [-0.05, 0) is 11.6 Å². The molecule has 0 amide bonds. The zero-order valence-electron chi connectivity index (χ0n) is 8.58. The molecule has 0 bridgehead atoms. The summed E-state index contributed by atoms with van der Waals surface area (Å²) < 4.78 is 39.7. The van der Waals surface area contributed by atoms with E-state index in [1.165, 1.54) is 0 Å².